The molecule has 3 heteroatoms. The van der Waals surface area contributed by atoms with Crippen molar-refractivity contribution in [1.29, 1.82) is 0 Å². The second-order valence-corrected chi connectivity index (χ2v) is 4.82. The molecule has 1 N–H and O–H groups in total. The average Bonchev–Trinajstić information content (AvgIpc) is 2.33. The smallest absolute Gasteiger partial charge is 0.336 e. The van der Waals surface area contributed by atoms with Gasteiger partial charge in [-0.25, -0.2) is 4.79 Å². The van der Waals surface area contributed by atoms with Crippen LogP contribution in [0.25, 0.3) is 0 Å². The van der Waals surface area contributed by atoms with E-state index in [0.717, 1.165) is 15.6 Å². The van der Waals surface area contributed by atoms with Gasteiger partial charge < -0.3 is 5.11 Å². The molecule has 2 aromatic rings. The first kappa shape index (κ1) is 12.1. The molecule has 0 aromatic heterocycles. The van der Waals surface area contributed by atoms with Crippen LogP contribution in [0.3, 0.4) is 0 Å². The summed E-state index contributed by atoms with van der Waals surface area (Å²) in [6.07, 6.45) is 0.764. The minimum Gasteiger partial charge on any atom is -0.478 e. The van der Waals surface area contributed by atoms with Crippen molar-refractivity contribution < 1.29 is 9.90 Å². The predicted molar refractivity (Wildman–Crippen MR) is 75.4 cm³/mol. The van der Waals surface area contributed by atoms with Crippen molar-refractivity contribution in [2.75, 3.05) is 0 Å². The summed E-state index contributed by atoms with van der Waals surface area (Å²) >= 11 is 2.10. The average molecular weight is 338 g/mol. The Labute approximate surface area is 113 Å². The summed E-state index contributed by atoms with van der Waals surface area (Å²) < 4.78 is 0.821. The fraction of sp³-hybridized carbons (Fsp3) is 0.0714. The normalized spacial score (nSPS) is 10.2. The summed E-state index contributed by atoms with van der Waals surface area (Å²) in [7, 11) is 0. The van der Waals surface area contributed by atoms with Crippen molar-refractivity contribution in [3.05, 3.63) is 68.8 Å². The number of hydrogen-bond donors (Lipinski definition) is 1. The van der Waals surface area contributed by atoms with Gasteiger partial charge in [-0.05, 0) is 46.2 Å². The molecule has 0 fully saturated rings. The van der Waals surface area contributed by atoms with E-state index in [4.69, 9.17) is 5.11 Å². The number of halogens is 1. The molecule has 0 aliphatic heterocycles. The molecule has 0 bridgehead atoms. The lowest BCUT2D eigenvalue weighted by Crippen LogP contribution is -2.03. The zero-order valence-electron chi connectivity index (χ0n) is 9.06. The summed E-state index contributed by atoms with van der Waals surface area (Å²) in [5, 5.41) is 9.05. The third-order valence-electron chi connectivity index (χ3n) is 2.55. The van der Waals surface area contributed by atoms with Gasteiger partial charge in [-0.3, -0.25) is 0 Å². The van der Waals surface area contributed by atoms with E-state index in [1.165, 1.54) is 5.56 Å². The van der Waals surface area contributed by atoms with Gasteiger partial charge in [0, 0.05) is 3.57 Å². The van der Waals surface area contributed by atoms with Crippen molar-refractivity contribution in [3.8, 4) is 0 Å². The highest BCUT2D eigenvalue weighted by Crippen LogP contribution is 2.20. The molecule has 2 nitrogen and oxygen atoms in total. The van der Waals surface area contributed by atoms with Crippen LogP contribution in [-0.4, -0.2) is 11.1 Å². The van der Waals surface area contributed by atoms with E-state index in [2.05, 4.69) is 22.6 Å². The van der Waals surface area contributed by atoms with Crippen LogP contribution in [0.15, 0.2) is 48.5 Å². The molecule has 0 unspecified atom stereocenters. The highest BCUT2D eigenvalue weighted by molar-refractivity contribution is 14.1. The maximum Gasteiger partial charge on any atom is 0.336 e. The Morgan fingerprint density at radius 1 is 1.06 bits per heavy atom. The summed E-state index contributed by atoms with van der Waals surface area (Å²) in [6.45, 7) is 0. The second-order valence-electron chi connectivity index (χ2n) is 3.75. The van der Waals surface area contributed by atoms with Crippen LogP contribution >= 0.6 is 22.6 Å². The van der Waals surface area contributed by atoms with Crippen LogP contribution in [0.5, 0.6) is 0 Å². The standard InChI is InChI=1S/C14H11IO2/c15-13-11(7-4-8-12(13)14(16)17)9-10-5-2-1-3-6-10/h1-8H,9H2,(H,16,17). The number of hydrogen-bond acceptors (Lipinski definition) is 1. The van der Waals surface area contributed by atoms with E-state index in [-0.39, 0.29) is 0 Å². The maximum atomic E-state index is 11.0. The number of benzene rings is 2. The van der Waals surface area contributed by atoms with Gasteiger partial charge in [0.05, 0.1) is 5.56 Å². The minimum absolute atomic E-state index is 0.374. The molecule has 0 saturated heterocycles. The molecule has 2 aromatic carbocycles. The van der Waals surface area contributed by atoms with Crippen LogP contribution in [0.2, 0.25) is 0 Å². The van der Waals surface area contributed by atoms with Gasteiger partial charge in [0.15, 0.2) is 0 Å². The van der Waals surface area contributed by atoms with Gasteiger partial charge in [0.1, 0.15) is 0 Å². The first-order chi connectivity index (χ1) is 8.18. The van der Waals surface area contributed by atoms with Gasteiger partial charge in [-0.2, -0.15) is 0 Å². The van der Waals surface area contributed by atoms with Crippen LogP contribution in [0.1, 0.15) is 21.5 Å². The quantitative estimate of drug-likeness (QED) is 0.869. The van der Waals surface area contributed by atoms with Gasteiger partial charge in [-0.15, -0.1) is 0 Å². The van der Waals surface area contributed by atoms with Crippen LogP contribution in [0, 0.1) is 3.57 Å². The van der Waals surface area contributed by atoms with E-state index >= 15 is 0 Å². The third kappa shape index (κ3) is 2.85. The Kier molecular flexibility index (Phi) is 3.78. The maximum absolute atomic E-state index is 11.0. The Balaban J connectivity index is 2.34. The molecule has 86 valence electrons. The molecule has 0 heterocycles. The van der Waals surface area contributed by atoms with Gasteiger partial charge in [0.25, 0.3) is 0 Å². The molecule has 2 rings (SSSR count). The molecule has 0 spiro atoms. The van der Waals surface area contributed by atoms with Gasteiger partial charge >= 0.3 is 5.97 Å². The number of carboxylic acid groups (broad SMARTS) is 1. The highest BCUT2D eigenvalue weighted by atomic mass is 127. The topological polar surface area (TPSA) is 37.3 Å². The number of rotatable bonds is 3. The van der Waals surface area contributed by atoms with Crippen molar-refractivity contribution in [2.24, 2.45) is 0 Å². The van der Waals surface area contributed by atoms with Crippen LogP contribution in [-0.2, 0) is 6.42 Å². The Morgan fingerprint density at radius 3 is 2.41 bits per heavy atom. The highest BCUT2D eigenvalue weighted by Gasteiger charge is 2.11. The summed E-state index contributed by atoms with van der Waals surface area (Å²) in [4.78, 5) is 11.0. The Hall–Kier alpha value is -1.36. The lowest BCUT2D eigenvalue weighted by Gasteiger charge is -2.07. The first-order valence-corrected chi connectivity index (χ1v) is 6.31. The number of carbonyl (C=O) groups is 1. The fourth-order valence-electron chi connectivity index (χ4n) is 1.70. The fourth-order valence-corrected chi connectivity index (χ4v) is 2.48. The van der Waals surface area contributed by atoms with E-state index < -0.39 is 5.97 Å². The van der Waals surface area contributed by atoms with Gasteiger partial charge in [0.2, 0.25) is 0 Å². The number of aromatic carboxylic acids is 1. The van der Waals surface area contributed by atoms with E-state index in [0.29, 0.717) is 5.56 Å². The van der Waals surface area contributed by atoms with Crippen LogP contribution in [0.4, 0.5) is 0 Å². The summed E-state index contributed by atoms with van der Waals surface area (Å²) in [5.41, 5.74) is 2.61. The van der Waals surface area contributed by atoms with Crippen molar-refractivity contribution in [1.82, 2.24) is 0 Å². The lowest BCUT2D eigenvalue weighted by atomic mass is 10.0. The molecule has 0 amide bonds. The molecule has 0 aliphatic carbocycles. The summed E-state index contributed by atoms with van der Waals surface area (Å²) in [5.74, 6) is -0.871. The molecule has 17 heavy (non-hydrogen) atoms. The largest absolute Gasteiger partial charge is 0.478 e. The van der Waals surface area contributed by atoms with E-state index in [9.17, 15) is 4.79 Å². The lowest BCUT2D eigenvalue weighted by molar-refractivity contribution is 0.0695. The molecule has 0 aliphatic rings. The Bertz CT molecular complexity index is 535. The van der Waals surface area contributed by atoms with Crippen LogP contribution < -0.4 is 0 Å². The van der Waals surface area contributed by atoms with E-state index in [1.54, 1.807) is 12.1 Å². The second kappa shape index (κ2) is 5.31. The zero-order valence-corrected chi connectivity index (χ0v) is 11.2. The van der Waals surface area contributed by atoms with Gasteiger partial charge in [-0.1, -0.05) is 42.5 Å². The molecular weight excluding hydrogens is 327 g/mol. The molecular formula is C14H11IO2. The zero-order chi connectivity index (χ0) is 12.3. The number of carboxylic acids is 1. The summed E-state index contributed by atoms with van der Waals surface area (Å²) in [6, 6.07) is 15.4. The van der Waals surface area contributed by atoms with Crippen molar-refractivity contribution in [2.45, 2.75) is 6.42 Å². The Morgan fingerprint density at radius 2 is 1.76 bits per heavy atom. The molecule has 0 radical (unpaired) electrons. The SMILES string of the molecule is O=C(O)c1cccc(Cc2ccccc2)c1I. The molecule has 0 saturated carbocycles. The monoisotopic (exact) mass is 338 g/mol. The molecule has 0 atom stereocenters. The van der Waals surface area contributed by atoms with Crippen molar-refractivity contribution in [3.63, 3.8) is 0 Å². The van der Waals surface area contributed by atoms with Crippen molar-refractivity contribution >= 4 is 28.6 Å². The first-order valence-electron chi connectivity index (χ1n) is 5.23. The third-order valence-corrected chi connectivity index (χ3v) is 3.82. The minimum atomic E-state index is -0.871. The predicted octanol–water partition coefficient (Wildman–Crippen LogP) is 3.58. The van der Waals surface area contributed by atoms with E-state index in [1.807, 2.05) is 36.4 Å².